The van der Waals surface area contributed by atoms with E-state index in [2.05, 4.69) is 38.9 Å². The molecule has 8 nitrogen and oxygen atoms in total. The zero-order valence-electron chi connectivity index (χ0n) is 17.1. The minimum absolute atomic E-state index is 0.338. The summed E-state index contributed by atoms with van der Waals surface area (Å²) in [5.41, 5.74) is 7.59. The normalized spacial score (nSPS) is 15.6. The van der Waals surface area contributed by atoms with E-state index in [9.17, 15) is 4.39 Å². The minimum atomic E-state index is -0.338. The van der Waals surface area contributed by atoms with Crippen molar-refractivity contribution in [2.75, 3.05) is 64.0 Å². The molecule has 0 amide bonds. The molecule has 4 rings (SSSR count). The third-order valence-corrected chi connectivity index (χ3v) is 5.38. The Kier molecular flexibility index (Phi) is 5.33. The van der Waals surface area contributed by atoms with E-state index >= 15 is 0 Å². The van der Waals surface area contributed by atoms with Crippen LogP contribution < -0.4 is 10.6 Å². The fraction of sp³-hybridized carbons (Fsp3) is 0.450. The van der Waals surface area contributed by atoms with Crippen LogP contribution in [-0.2, 0) is 7.05 Å². The lowest BCUT2D eigenvalue weighted by atomic mass is 10.1. The first kappa shape index (κ1) is 19.5. The molecule has 0 atom stereocenters. The van der Waals surface area contributed by atoms with E-state index in [1.165, 1.54) is 6.07 Å². The van der Waals surface area contributed by atoms with Crippen LogP contribution in [0.2, 0.25) is 0 Å². The Morgan fingerprint density at radius 1 is 1.10 bits per heavy atom. The molecule has 3 aromatic rings. The largest absolute Gasteiger partial charge is 0.383 e. The van der Waals surface area contributed by atoms with Crippen LogP contribution in [0.3, 0.4) is 0 Å². The van der Waals surface area contributed by atoms with Gasteiger partial charge in [0.25, 0.3) is 0 Å². The highest BCUT2D eigenvalue weighted by atomic mass is 19.1. The van der Waals surface area contributed by atoms with E-state index in [-0.39, 0.29) is 5.82 Å². The number of likely N-dealkylation sites (N-methyl/N-ethyl adjacent to an activating group) is 1. The van der Waals surface area contributed by atoms with Crippen molar-refractivity contribution < 1.29 is 4.39 Å². The summed E-state index contributed by atoms with van der Waals surface area (Å²) in [5.74, 6) is 0.662. The van der Waals surface area contributed by atoms with E-state index in [0.29, 0.717) is 34.1 Å². The molecule has 29 heavy (non-hydrogen) atoms. The molecule has 9 heteroatoms. The summed E-state index contributed by atoms with van der Waals surface area (Å²) in [5, 5.41) is 5.01. The molecule has 0 aliphatic carbocycles. The predicted octanol–water partition coefficient (Wildman–Crippen LogP) is 1.44. The van der Waals surface area contributed by atoms with E-state index in [1.807, 2.05) is 0 Å². The first-order valence-electron chi connectivity index (χ1n) is 9.81. The lowest BCUT2D eigenvalue weighted by Gasteiger charge is -2.35. The Hall–Kier alpha value is -2.78. The van der Waals surface area contributed by atoms with Crippen LogP contribution in [0, 0.1) is 5.82 Å². The SMILES string of the molecule is CN(C)CCN1CCN(c2nc(-c3ccccc3F)c3c(N)n(C)nc3n2)CC1. The van der Waals surface area contributed by atoms with E-state index in [1.54, 1.807) is 29.9 Å². The van der Waals surface area contributed by atoms with Crippen molar-refractivity contribution in [3.05, 3.63) is 30.1 Å². The molecular formula is C20H27FN8. The molecule has 3 heterocycles. The summed E-state index contributed by atoms with van der Waals surface area (Å²) in [6.45, 7) is 5.59. The third kappa shape index (κ3) is 3.88. The minimum Gasteiger partial charge on any atom is -0.383 e. The van der Waals surface area contributed by atoms with Gasteiger partial charge in [0.1, 0.15) is 11.6 Å². The number of aryl methyl sites for hydroxylation is 1. The third-order valence-electron chi connectivity index (χ3n) is 5.38. The molecule has 0 radical (unpaired) electrons. The van der Waals surface area contributed by atoms with Gasteiger partial charge in [-0.05, 0) is 26.2 Å². The Labute approximate surface area is 169 Å². The summed E-state index contributed by atoms with van der Waals surface area (Å²) in [6.07, 6.45) is 0. The number of anilines is 2. The number of fused-ring (bicyclic) bond motifs is 1. The second-order valence-electron chi connectivity index (χ2n) is 7.69. The molecule has 154 valence electrons. The van der Waals surface area contributed by atoms with Crippen LogP contribution in [-0.4, -0.2) is 82.9 Å². The number of piperazine rings is 1. The number of aromatic nitrogens is 4. The lowest BCUT2D eigenvalue weighted by Crippen LogP contribution is -2.48. The highest BCUT2D eigenvalue weighted by molar-refractivity contribution is 5.99. The quantitative estimate of drug-likeness (QED) is 0.697. The van der Waals surface area contributed by atoms with Gasteiger partial charge in [-0.2, -0.15) is 10.1 Å². The molecule has 0 bridgehead atoms. The number of hydrogen-bond acceptors (Lipinski definition) is 7. The molecule has 0 unspecified atom stereocenters. The standard InChI is InChI=1S/C20H27FN8/c1-26(2)8-9-28-10-12-29(13-11-28)20-23-17(14-6-4-5-7-15(14)21)16-18(22)27(3)25-19(16)24-20/h4-7H,8-13,22H2,1-3H3. The van der Waals surface area contributed by atoms with Crippen molar-refractivity contribution in [2.24, 2.45) is 7.05 Å². The Morgan fingerprint density at radius 2 is 1.83 bits per heavy atom. The average Bonchev–Trinajstić information content (AvgIpc) is 3.00. The number of rotatable bonds is 5. The smallest absolute Gasteiger partial charge is 0.228 e. The predicted molar refractivity (Wildman–Crippen MR) is 113 cm³/mol. The summed E-state index contributed by atoms with van der Waals surface area (Å²) < 4.78 is 16.1. The first-order valence-corrected chi connectivity index (χ1v) is 9.81. The molecule has 0 spiro atoms. The monoisotopic (exact) mass is 398 g/mol. The summed E-state index contributed by atoms with van der Waals surface area (Å²) >= 11 is 0. The molecule has 1 aliphatic heterocycles. The number of hydrogen-bond donors (Lipinski definition) is 1. The van der Waals surface area contributed by atoms with Gasteiger partial charge in [0.05, 0.1) is 11.1 Å². The van der Waals surface area contributed by atoms with Crippen molar-refractivity contribution in [1.29, 1.82) is 0 Å². The zero-order chi connectivity index (χ0) is 20.5. The van der Waals surface area contributed by atoms with Gasteiger partial charge < -0.3 is 15.5 Å². The lowest BCUT2D eigenvalue weighted by molar-refractivity contribution is 0.229. The van der Waals surface area contributed by atoms with Crippen LogP contribution in [0.4, 0.5) is 16.2 Å². The maximum absolute atomic E-state index is 14.6. The summed E-state index contributed by atoms with van der Waals surface area (Å²) in [4.78, 5) is 16.2. The Morgan fingerprint density at radius 3 is 2.52 bits per heavy atom. The highest BCUT2D eigenvalue weighted by Gasteiger charge is 2.24. The van der Waals surface area contributed by atoms with Crippen molar-refractivity contribution in [3.8, 4) is 11.3 Å². The summed E-state index contributed by atoms with van der Waals surface area (Å²) in [6, 6.07) is 6.60. The first-order chi connectivity index (χ1) is 13.9. The number of nitrogens with zero attached hydrogens (tertiary/aromatic N) is 7. The molecule has 2 aromatic heterocycles. The molecule has 1 fully saturated rings. The van der Waals surface area contributed by atoms with Crippen LogP contribution in [0.25, 0.3) is 22.3 Å². The molecule has 1 saturated heterocycles. The van der Waals surface area contributed by atoms with Gasteiger partial charge in [0, 0.05) is 51.9 Å². The highest BCUT2D eigenvalue weighted by Crippen LogP contribution is 2.33. The second-order valence-corrected chi connectivity index (χ2v) is 7.69. The van der Waals surface area contributed by atoms with Crippen LogP contribution in [0.5, 0.6) is 0 Å². The van der Waals surface area contributed by atoms with Gasteiger partial charge in [-0.1, -0.05) is 12.1 Å². The molecule has 0 saturated carbocycles. The number of halogens is 1. The van der Waals surface area contributed by atoms with Crippen molar-refractivity contribution in [2.45, 2.75) is 0 Å². The van der Waals surface area contributed by atoms with E-state index in [0.717, 1.165) is 39.3 Å². The van der Waals surface area contributed by atoms with Crippen LogP contribution in [0.1, 0.15) is 0 Å². The zero-order valence-corrected chi connectivity index (χ0v) is 17.1. The van der Waals surface area contributed by atoms with Crippen LogP contribution >= 0.6 is 0 Å². The average molecular weight is 398 g/mol. The van der Waals surface area contributed by atoms with Gasteiger partial charge in [-0.3, -0.25) is 9.58 Å². The molecule has 1 aliphatic rings. The molecule has 2 N–H and O–H groups in total. The number of nitrogen functional groups attached to an aromatic ring is 1. The number of nitrogens with two attached hydrogens (primary N) is 1. The summed E-state index contributed by atoms with van der Waals surface area (Å²) in [7, 11) is 5.93. The van der Waals surface area contributed by atoms with Gasteiger partial charge in [-0.25, -0.2) is 9.37 Å². The van der Waals surface area contributed by atoms with Crippen molar-refractivity contribution in [3.63, 3.8) is 0 Å². The fourth-order valence-corrected chi connectivity index (χ4v) is 3.61. The Balaban J connectivity index is 1.68. The van der Waals surface area contributed by atoms with E-state index in [4.69, 9.17) is 10.7 Å². The number of benzene rings is 1. The molecular weight excluding hydrogens is 371 g/mol. The molecule has 1 aromatic carbocycles. The fourth-order valence-electron chi connectivity index (χ4n) is 3.61. The van der Waals surface area contributed by atoms with Crippen molar-refractivity contribution in [1.82, 2.24) is 29.5 Å². The van der Waals surface area contributed by atoms with Crippen molar-refractivity contribution >= 4 is 22.8 Å². The van der Waals surface area contributed by atoms with Gasteiger partial charge in [0.15, 0.2) is 5.65 Å². The maximum atomic E-state index is 14.6. The van der Waals surface area contributed by atoms with Gasteiger partial charge in [-0.15, -0.1) is 0 Å². The topological polar surface area (TPSA) is 79.3 Å². The van der Waals surface area contributed by atoms with E-state index < -0.39 is 0 Å². The van der Waals surface area contributed by atoms with Gasteiger partial charge >= 0.3 is 0 Å². The Bertz CT molecular complexity index is 1010. The van der Waals surface area contributed by atoms with Crippen LogP contribution in [0.15, 0.2) is 24.3 Å². The maximum Gasteiger partial charge on any atom is 0.228 e. The second kappa shape index (κ2) is 7.92. The van der Waals surface area contributed by atoms with Gasteiger partial charge in [0.2, 0.25) is 5.95 Å².